The van der Waals surface area contributed by atoms with E-state index >= 15 is 0 Å². The van der Waals surface area contributed by atoms with Crippen LogP contribution < -0.4 is 0 Å². The minimum Gasteiger partial charge on any atom is -0.408 e. The molecule has 47 heavy (non-hydrogen) atoms. The highest BCUT2D eigenvalue weighted by Crippen LogP contribution is 2.24. The highest BCUT2D eigenvalue weighted by atomic mass is 35.5. The SMILES string of the molecule is CCCCCCCC/C=C\CCCCCCCC(=O)OC(CC)(OC(=O)CCCCCCC/C=C\CCCCCCCC)N(C)C.Cl. The Morgan fingerprint density at radius 1 is 0.468 bits per heavy atom. The van der Waals surface area contributed by atoms with Gasteiger partial charge in [0.1, 0.15) is 0 Å². The summed E-state index contributed by atoms with van der Waals surface area (Å²) in [7, 11) is 3.60. The average Bonchev–Trinajstić information content (AvgIpc) is 3.04. The second kappa shape index (κ2) is 36.0. The first-order valence-electron chi connectivity index (χ1n) is 19.8. The summed E-state index contributed by atoms with van der Waals surface area (Å²) in [6.45, 7) is 6.42. The second-order valence-corrected chi connectivity index (χ2v) is 13.6. The van der Waals surface area contributed by atoms with Crippen molar-refractivity contribution in [2.24, 2.45) is 0 Å². The number of hydrogen-bond acceptors (Lipinski definition) is 5. The smallest absolute Gasteiger partial charge is 0.319 e. The Morgan fingerprint density at radius 2 is 0.745 bits per heavy atom. The molecule has 0 N–H and O–H groups in total. The first-order valence-corrected chi connectivity index (χ1v) is 19.8. The van der Waals surface area contributed by atoms with Crippen LogP contribution in [0.2, 0.25) is 0 Å². The van der Waals surface area contributed by atoms with Crippen molar-refractivity contribution in [3.63, 3.8) is 0 Å². The van der Waals surface area contributed by atoms with Gasteiger partial charge in [0.2, 0.25) is 0 Å². The summed E-state index contributed by atoms with van der Waals surface area (Å²) in [6, 6.07) is 0. The third-order valence-corrected chi connectivity index (χ3v) is 8.96. The van der Waals surface area contributed by atoms with E-state index < -0.39 is 5.91 Å². The summed E-state index contributed by atoms with van der Waals surface area (Å²) in [5.74, 6) is -1.90. The maximum Gasteiger partial charge on any atom is 0.319 e. The molecule has 0 aliphatic carbocycles. The lowest BCUT2D eigenvalue weighted by Crippen LogP contribution is -2.51. The Kier molecular flexibility index (Phi) is 36.6. The molecule has 0 aromatic heterocycles. The van der Waals surface area contributed by atoms with Gasteiger partial charge in [-0.2, -0.15) is 0 Å². The van der Waals surface area contributed by atoms with Crippen LogP contribution in [0.25, 0.3) is 0 Å². The molecule has 0 unspecified atom stereocenters. The highest BCUT2D eigenvalue weighted by Gasteiger charge is 2.39. The minimum atomic E-state index is -1.32. The van der Waals surface area contributed by atoms with E-state index in [1.54, 1.807) is 19.0 Å². The van der Waals surface area contributed by atoms with Gasteiger partial charge >= 0.3 is 17.8 Å². The van der Waals surface area contributed by atoms with E-state index in [0.29, 0.717) is 19.3 Å². The number of rotatable bonds is 34. The van der Waals surface area contributed by atoms with Gasteiger partial charge in [0.25, 0.3) is 0 Å². The van der Waals surface area contributed by atoms with E-state index in [4.69, 9.17) is 9.47 Å². The fourth-order valence-electron chi connectivity index (χ4n) is 5.80. The standard InChI is InChI=1S/C41H77NO4.ClH/c1-6-9-11-13-15-17-19-21-23-25-27-29-31-33-35-37-39(43)45-41(8-3,42(4)5)46-40(44)38-36-34-32-30-28-26-24-22-20-18-16-14-12-10-7-2;/h21-24H,6-20,25-38H2,1-5H3;1H/b23-21-,24-22-;. The van der Waals surface area contributed by atoms with Crippen LogP contribution in [0, 0.1) is 0 Å². The maximum absolute atomic E-state index is 12.7. The van der Waals surface area contributed by atoms with E-state index in [0.717, 1.165) is 51.4 Å². The summed E-state index contributed by atoms with van der Waals surface area (Å²) in [6.07, 6.45) is 42.3. The third-order valence-electron chi connectivity index (χ3n) is 8.96. The molecule has 0 bridgehead atoms. The van der Waals surface area contributed by atoms with Crippen LogP contribution in [0.1, 0.15) is 207 Å². The fraction of sp³-hybridized carbons (Fsp3) is 0.854. The zero-order chi connectivity index (χ0) is 34.0. The molecule has 0 aromatic rings. The van der Waals surface area contributed by atoms with Crippen molar-refractivity contribution in [2.75, 3.05) is 14.1 Å². The number of esters is 2. The van der Waals surface area contributed by atoms with Crippen LogP contribution in [-0.4, -0.2) is 36.8 Å². The largest absolute Gasteiger partial charge is 0.408 e. The zero-order valence-electron chi connectivity index (χ0n) is 31.8. The van der Waals surface area contributed by atoms with Gasteiger partial charge in [0.05, 0.1) is 0 Å². The van der Waals surface area contributed by atoms with Crippen molar-refractivity contribution in [1.29, 1.82) is 0 Å². The molecule has 0 saturated carbocycles. The predicted octanol–water partition coefficient (Wildman–Crippen LogP) is 13.2. The fourth-order valence-corrected chi connectivity index (χ4v) is 5.80. The molecule has 6 heteroatoms. The summed E-state index contributed by atoms with van der Waals surface area (Å²) in [5.41, 5.74) is 0. The normalized spacial score (nSPS) is 11.9. The van der Waals surface area contributed by atoms with Crippen LogP contribution in [-0.2, 0) is 19.1 Å². The monoisotopic (exact) mass is 684 g/mol. The molecule has 0 aliphatic rings. The summed E-state index contributed by atoms with van der Waals surface area (Å²) in [4.78, 5) is 27.1. The zero-order valence-corrected chi connectivity index (χ0v) is 32.6. The van der Waals surface area contributed by atoms with Crippen LogP contribution >= 0.6 is 12.4 Å². The van der Waals surface area contributed by atoms with Gasteiger partial charge in [-0.1, -0.05) is 148 Å². The summed E-state index contributed by atoms with van der Waals surface area (Å²) < 4.78 is 11.6. The lowest BCUT2D eigenvalue weighted by atomic mass is 10.1. The Bertz CT molecular complexity index is 698. The molecular weight excluding hydrogens is 606 g/mol. The number of hydrogen-bond donors (Lipinski definition) is 0. The molecule has 0 fully saturated rings. The summed E-state index contributed by atoms with van der Waals surface area (Å²) in [5, 5.41) is 0. The van der Waals surface area contributed by atoms with Gasteiger partial charge in [0, 0.05) is 19.3 Å². The average molecular weight is 685 g/mol. The van der Waals surface area contributed by atoms with Crippen molar-refractivity contribution in [3.8, 4) is 0 Å². The summed E-state index contributed by atoms with van der Waals surface area (Å²) >= 11 is 0. The Labute approximate surface area is 298 Å². The lowest BCUT2D eigenvalue weighted by molar-refractivity contribution is -0.280. The molecule has 0 radical (unpaired) electrons. The number of allylic oxidation sites excluding steroid dienone is 4. The van der Waals surface area contributed by atoms with E-state index in [9.17, 15) is 9.59 Å². The van der Waals surface area contributed by atoms with Crippen molar-refractivity contribution < 1.29 is 19.1 Å². The number of carbonyl (C=O) groups excluding carboxylic acids is 2. The van der Waals surface area contributed by atoms with E-state index in [2.05, 4.69) is 38.2 Å². The van der Waals surface area contributed by atoms with Gasteiger partial charge in [-0.05, 0) is 78.3 Å². The molecule has 0 spiro atoms. The molecule has 0 heterocycles. The van der Waals surface area contributed by atoms with Crippen molar-refractivity contribution in [3.05, 3.63) is 24.3 Å². The number of nitrogens with zero attached hydrogens (tertiary/aromatic N) is 1. The third kappa shape index (κ3) is 30.5. The van der Waals surface area contributed by atoms with E-state index in [1.807, 2.05) is 6.92 Å². The van der Waals surface area contributed by atoms with Crippen molar-refractivity contribution in [2.45, 2.75) is 213 Å². The number of ether oxygens (including phenoxy) is 2. The molecule has 0 amide bonds. The Morgan fingerprint density at radius 3 is 1.02 bits per heavy atom. The van der Waals surface area contributed by atoms with E-state index in [-0.39, 0.29) is 24.3 Å². The molecule has 0 atom stereocenters. The molecule has 5 nitrogen and oxygen atoms in total. The molecule has 278 valence electrons. The van der Waals surface area contributed by atoms with Gasteiger partial charge in [-0.25, -0.2) is 4.90 Å². The second-order valence-electron chi connectivity index (χ2n) is 13.6. The molecule has 0 saturated heterocycles. The topological polar surface area (TPSA) is 55.8 Å². The molecule has 0 aromatic carbocycles. The highest BCUT2D eigenvalue weighted by molar-refractivity contribution is 5.85. The predicted molar refractivity (Wildman–Crippen MR) is 205 cm³/mol. The van der Waals surface area contributed by atoms with Crippen LogP contribution in [0.3, 0.4) is 0 Å². The Balaban J connectivity index is 0. The van der Waals surface area contributed by atoms with Gasteiger partial charge in [0.15, 0.2) is 0 Å². The maximum atomic E-state index is 12.7. The molecule has 0 aliphatic heterocycles. The number of unbranched alkanes of at least 4 members (excludes halogenated alkanes) is 22. The van der Waals surface area contributed by atoms with Crippen molar-refractivity contribution >= 4 is 24.3 Å². The van der Waals surface area contributed by atoms with Gasteiger partial charge in [-0.3, -0.25) is 9.59 Å². The van der Waals surface area contributed by atoms with Crippen LogP contribution in [0.15, 0.2) is 24.3 Å². The minimum absolute atomic E-state index is 0. The molecular formula is C41H78ClNO4. The van der Waals surface area contributed by atoms with Gasteiger partial charge in [-0.15, -0.1) is 12.4 Å². The quantitative estimate of drug-likeness (QED) is 0.0292. The molecule has 0 rings (SSSR count). The van der Waals surface area contributed by atoms with E-state index in [1.165, 1.54) is 116 Å². The van der Waals surface area contributed by atoms with Crippen LogP contribution in [0.4, 0.5) is 0 Å². The van der Waals surface area contributed by atoms with Gasteiger partial charge < -0.3 is 9.47 Å². The number of carbonyl (C=O) groups is 2. The lowest BCUT2D eigenvalue weighted by Gasteiger charge is -2.36. The number of halogens is 1. The first-order chi connectivity index (χ1) is 22.4. The van der Waals surface area contributed by atoms with Crippen molar-refractivity contribution in [1.82, 2.24) is 4.90 Å². The first kappa shape index (κ1) is 47.8. The van der Waals surface area contributed by atoms with Crippen LogP contribution in [0.5, 0.6) is 0 Å². The Hall–Kier alpha value is -1.33.